The van der Waals surface area contributed by atoms with Crippen LogP contribution < -0.4 is 4.90 Å². The predicted molar refractivity (Wildman–Crippen MR) is 66.5 cm³/mol. The molecule has 2 rings (SSSR count). The molecule has 0 aliphatic carbocycles. The van der Waals surface area contributed by atoms with Crippen LogP contribution in [-0.4, -0.2) is 29.1 Å². The summed E-state index contributed by atoms with van der Waals surface area (Å²) >= 11 is 0. The highest BCUT2D eigenvalue weighted by Crippen LogP contribution is 2.22. The van der Waals surface area contributed by atoms with Crippen molar-refractivity contribution >= 4 is 11.8 Å². The number of rotatable bonds is 2. The number of anilines is 1. The van der Waals surface area contributed by atoms with Crippen LogP contribution in [0.15, 0.2) is 12.1 Å². The lowest BCUT2D eigenvalue weighted by Crippen LogP contribution is -2.33. The van der Waals surface area contributed by atoms with Crippen LogP contribution in [0.5, 0.6) is 0 Å². The number of carboxylic acid groups (broad SMARTS) is 1. The van der Waals surface area contributed by atoms with E-state index in [-0.39, 0.29) is 0 Å². The van der Waals surface area contributed by atoms with Crippen LogP contribution >= 0.6 is 0 Å². The lowest BCUT2D eigenvalue weighted by molar-refractivity contribution is 0.0695. The van der Waals surface area contributed by atoms with Gasteiger partial charge in [-0.15, -0.1) is 0 Å². The van der Waals surface area contributed by atoms with Gasteiger partial charge in [-0.2, -0.15) is 0 Å². The summed E-state index contributed by atoms with van der Waals surface area (Å²) in [5.74, 6) is 0.777. The Hall–Kier alpha value is -1.58. The van der Waals surface area contributed by atoms with Crippen molar-refractivity contribution in [1.29, 1.82) is 0 Å². The fourth-order valence-corrected chi connectivity index (χ4v) is 2.19. The van der Waals surface area contributed by atoms with E-state index < -0.39 is 5.97 Å². The van der Waals surface area contributed by atoms with E-state index in [0.29, 0.717) is 11.3 Å². The Labute approximate surface area is 101 Å². The minimum atomic E-state index is -0.909. The van der Waals surface area contributed by atoms with Gasteiger partial charge in [-0.3, -0.25) is 0 Å². The summed E-state index contributed by atoms with van der Waals surface area (Å²) in [6, 6.07) is 3.46. The van der Waals surface area contributed by atoms with E-state index >= 15 is 0 Å². The number of carboxylic acids is 1. The number of pyridine rings is 1. The molecular weight excluding hydrogens is 216 g/mol. The van der Waals surface area contributed by atoms with Gasteiger partial charge in [0.25, 0.3) is 0 Å². The molecule has 0 saturated carbocycles. The molecule has 1 aliphatic rings. The zero-order chi connectivity index (χ0) is 12.4. The van der Waals surface area contributed by atoms with Crippen molar-refractivity contribution in [2.24, 2.45) is 5.92 Å². The normalized spacial score (nSPS) is 17.2. The van der Waals surface area contributed by atoms with Gasteiger partial charge in [0.15, 0.2) is 0 Å². The number of hydrogen-bond acceptors (Lipinski definition) is 3. The van der Waals surface area contributed by atoms with Gasteiger partial charge in [0, 0.05) is 13.1 Å². The molecule has 1 aromatic rings. The number of carbonyl (C=O) groups is 1. The Kier molecular flexibility index (Phi) is 3.31. The van der Waals surface area contributed by atoms with Gasteiger partial charge >= 0.3 is 5.97 Å². The number of piperidine rings is 1. The molecule has 0 bridgehead atoms. The van der Waals surface area contributed by atoms with E-state index in [1.165, 1.54) is 12.8 Å². The van der Waals surface area contributed by atoms with Gasteiger partial charge in [-0.05, 0) is 37.8 Å². The molecule has 2 heterocycles. The molecule has 1 saturated heterocycles. The molecule has 0 amide bonds. The standard InChI is InChI=1S/C13H18N2O2/c1-9-5-7-15(8-6-9)12-4-3-11(13(16)17)10(2)14-12/h3-4,9H,5-8H2,1-2H3,(H,16,17). The van der Waals surface area contributed by atoms with Crippen molar-refractivity contribution in [3.05, 3.63) is 23.4 Å². The highest BCUT2D eigenvalue weighted by Gasteiger charge is 2.18. The van der Waals surface area contributed by atoms with Crippen LogP contribution in [0.1, 0.15) is 35.8 Å². The Bertz CT molecular complexity index is 423. The first-order chi connectivity index (χ1) is 8.08. The Balaban J connectivity index is 2.17. The van der Waals surface area contributed by atoms with E-state index in [0.717, 1.165) is 24.8 Å². The summed E-state index contributed by atoms with van der Waals surface area (Å²) in [7, 11) is 0. The molecule has 92 valence electrons. The monoisotopic (exact) mass is 234 g/mol. The van der Waals surface area contributed by atoms with Gasteiger partial charge in [-0.1, -0.05) is 6.92 Å². The van der Waals surface area contributed by atoms with E-state index in [1.807, 2.05) is 6.07 Å². The van der Waals surface area contributed by atoms with Crippen molar-refractivity contribution in [2.45, 2.75) is 26.7 Å². The molecule has 0 atom stereocenters. The van der Waals surface area contributed by atoms with Crippen LogP contribution in [0, 0.1) is 12.8 Å². The van der Waals surface area contributed by atoms with Crippen molar-refractivity contribution < 1.29 is 9.90 Å². The zero-order valence-electron chi connectivity index (χ0n) is 10.3. The van der Waals surface area contributed by atoms with Gasteiger partial charge in [0.05, 0.1) is 11.3 Å². The molecule has 1 fully saturated rings. The first-order valence-electron chi connectivity index (χ1n) is 6.04. The molecule has 1 aromatic heterocycles. The summed E-state index contributed by atoms with van der Waals surface area (Å²) < 4.78 is 0. The number of nitrogens with zero attached hydrogens (tertiary/aromatic N) is 2. The molecule has 1 aliphatic heterocycles. The van der Waals surface area contributed by atoms with Gasteiger partial charge < -0.3 is 10.0 Å². The van der Waals surface area contributed by atoms with E-state index in [4.69, 9.17) is 5.11 Å². The van der Waals surface area contributed by atoms with Gasteiger partial charge in [0.1, 0.15) is 5.82 Å². The maximum absolute atomic E-state index is 10.9. The molecule has 4 nitrogen and oxygen atoms in total. The lowest BCUT2D eigenvalue weighted by Gasteiger charge is -2.31. The van der Waals surface area contributed by atoms with E-state index in [2.05, 4.69) is 16.8 Å². The number of aromatic nitrogens is 1. The second-order valence-corrected chi connectivity index (χ2v) is 4.78. The highest BCUT2D eigenvalue weighted by molar-refractivity contribution is 5.89. The fourth-order valence-electron chi connectivity index (χ4n) is 2.19. The van der Waals surface area contributed by atoms with Gasteiger partial charge in [0.2, 0.25) is 0 Å². The molecule has 0 radical (unpaired) electrons. The first kappa shape index (κ1) is 11.9. The summed E-state index contributed by atoms with van der Waals surface area (Å²) in [4.78, 5) is 17.5. The summed E-state index contributed by atoms with van der Waals surface area (Å²) in [5.41, 5.74) is 0.882. The molecular formula is C13H18N2O2. The second-order valence-electron chi connectivity index (χ2n) is 4.78. The molecule has 0 spiro atoms. The largest absolute Gasteiger partial charge is 0.478 e. The lowest BCUT2D eigenvalue weighted by atomic mass is 9.99. The maximum atomic E-state index is 10.9. The molecule has 17 heavy (non-hydrogen) atoms. The zero-order valence-corrected chi connectivity index (χ0v) is 10.3. The first-order valence-corrected chi connectivity index (χ1v) is 6.04. The van der Waals surface area contributed by atoms with Crippen LogP contribution in [0.25, 0.3) is 0 Å². The summed E-state index contributed by atoms with van der Waals surface area (Å²) in [5, 5.41) is 8.95. The predicted octanol–water partition coefficient (Wildman–Crippen LogP) is 2.32. The van der Waals surface area contributed by atoms with E-state index in [1.54, 1.807) is 13.0 Å². The molecule has 4 heteroatoms. The van der Waals surface area contributed by atoms with Crippen molar-refractivity contribution in [1.82, 2.24) is 4.98 Å². The van der Waals surface area contributed by atoms with Crippen molar-refractivity contribution in [2.75, 3.05) is 18.0 Å². The molecule has 1 N–H and O–H groups in total. The SMILES string of the molecule is Cc1nc(N2CCC(C)CC2)ccc1C(=O)O. The minimum absolute atomic E-state index is 0.291. The summed E-state index contributed by atoms with van der Waals surface area (Å²) in [6.45, 7) is 6.04. The Morgan fingerprint density at radius 2 is 2.06 bits per heavy atom. The number of aromatic carboxylic acids is 1. The average molecular weight is 234 g/mol. The third-order valence-electron chi connectivity index (χ3n) is 3.41. The third kappa shape index (κ3) is 2.57. The number of hydrogen-bond donors (Lipinski definition) is 1. The van der Waals surface area contributed by atoms with Crippen LogP contribution in [0.2, 0.25) is 0 Å². The minimum Gasteiger partial charge on any atom is -0.478 e. The van der Waals surface area contributed by atoms with Crippen molar-refractivity contribution in [3.8, 4) is 0 Å². The van der Waals surface area contributed by atoms with Crippen LogP contribution in [0.4, 0.5) is 5.82 Å². The second kappa shape index (κ2) is 4.73. The van der Waals surface area contributed by atoms with Crippen molar-refractivity contribution in [3.63, 3.8) is 0 Å². The summed E-state index contributed by atoms with van der Waals surface area (Å²) in [6.07, 6.45) is 2.36. The molecule has 0 unspecified atom stereocenters. The Morgan fingerprint density at radius 1 is 1.41 bits per heavy atom. The average Bonchev–Trinajstić information content (AvgIpc) is 2.29. The fraction of sp³-hybridized carbons (Fsp3) is 0.538. The van der Waals surface area contributed by atoms with Gasteiger partial charge in [-0.25, -0.2) is 9.78 Å². The maximum Gasteiger partial charge on any atom is 0.337 e. The Morgan fingerprint density at radius 3 is 2.59 bits per heavy atom. The van der Waals surface area contributed by atoms with Crippen LogP contribution in [-0.2, 0) is 0 Å². The smallest absolute Gasteiger partial charge is 0.337 e. The number of aryl methyl sites for hydroxylation is 1. The van der Waals surface area contributed by atoms with E-state index in [9.17, 15) is 4.79 Å². The third-order valence-corrected chi connectivity index (χ3v) is 3.41. The highest BCUT2D eigenvalue weighted by atomic mass is 16.4. The quantitative estimate of drug-likeness (QED) is 0.853. The topological polar surface area (TPSA) is 53.4 Å². The van der Waals surface area contributed by atoms with Crippen LogP contribution in [0.3, 0.4) is 0 Å². The molecule has 0 aromatic carbocycles.